The minimum absolute atomic E-state index is 0.141. The zero-order chi connectivity index (χ0) is 15.5. The van der Waals surface area contributed by atoms with Crippen molar-refractivity contribution in [2.24, 2.45) is 0 Å². The van der Waals surface area contributed by atoms with Gasteiger partial charge in [0.1, 0.15) is 11.5 Å². The molecular weight excluding hydrogens is 278 g/mol. The second-order valence-corrected chi connectivity index (χ2v) is 5.01. The van der Waals surface area contributed by atoms with E-state index in [2.05, 4.69) is 10.1 Å². The number of ether oxygens (including phenoxy) is 1. The molecule has 0 radical (unpaired) electrons. The van der Waals surface area contributed by atoms with Crippen LogP contribution in [-0.4, -0.2) is 27.5 Å². The van der Waals surface area contributed by atoms with Gasteiger partial charge in [-0.05, 0) is 36.4 Å². The van der Waals surface area contributed by atoms with E-state index >= 15 is 0 Å². The number of ketones is 1. The van der Waals surface area contributed by atoms with Crippen molar-refractivity contribution >= 4 is 11.4 Å². The molecule has 0 aliphatic carbocycles. The van der Waals surface area contributed by atoms with E-state index in [1.165, 1.54) is 0 Å². The predicted molar refractivity (Wildman–Crippen MR) is 84.0 cm³/mol. The molecule has 22 heavy (non-hydrogen) atoms. The van der Waals surface area contributed by atoms with Crippen molar-refractivity contribution in [2.75, 3.05) is 7.11 Å². The van der Waals surface area contributed by atoms with Gasteiger partial charge in [0.05, 0.1) is 19.2 Å². The van der Waals surface area contributed by atoms with E-state index in [0.717, 1.165) is 22.7 Å². The molecule has 0 unspecified atom stereocenters. The van der Waals surface area contributed by atoms with E-state index in [9.17, 15) is 4.79 Å². The SMILES string of the molecule is CCC(=O)Cc1nc2cccc(-c3ccc(OC)cc3)n2n1. The van der Waals surface area contributed by atoms with Gasteiger partial charge < -0.3 is 4.74 Å². The summed E-state index contributed by atoms with van der Waals surface area (Å²) in [5.74, 6) is 1.51. The Balaban J connectivity index is 2.03. The Labute approximate surface area is 128 Å². The smallest absolute Gasteiger partial charge is 0.159 e. The number of fused-ring (bicyclic) bond motifs is 1. The summed E-state index contributed by atoms with van der Waals surface area (Å²) in [7, 11) is 1.64. The fourth-order valence-electron chi connectivity index (χ4n) is 2.31. The maximum Gasteiger partial charge on any atom is 0.159 e. The maximum atomic E-state index is 11.6. The second kappa shape index (κ2) is 5.97. The molecule has 0 N–H and O–H groups in total. The molecule has 0 spiro atoms. The van der Waals surface area contributed by atoms with E-state index in [1.807, 2.05) is 49.4 Å². The van der Waals surface area contributed by atoms with Crippen LogP contribution in [0.25, 0.3) is 16.9 Å². The summed E-state index contributed by atoms with van der Waals surface area (Å²) in [6.45, 7) is 1.85. The van der Waals surface area contributed by atoms with Crippen LogP contribution in [0.15, 0.2) is 42.5 Å². The van der Waals surface area contributed by atoms with E-state index in [-0.39, 0.29) is 12.2 Å². The number of pyridine rings is 1. The van der Waals surface area contributed by atoms with E-state index in [4.69, 9.17) is 4.74 Å². The molecule has 0 saturated heterocycles. The summed E-state index contributed by atoms with van der Waals surface area (Å²) >= 11 is 0. The highest BCUT2D eigenvalue weighted by atomic mass is 16.5. The molecule has 2 aromatic heterocycles. The minimum atomic E-state index is 0.141. The van der Waals surface area contributed by atoms with Gasteiger partial charge in [0.2, 0.25) is 0 Å². The van der Waals surface area contributed by atoms with E-state index < -0.39 is 0 Å². The normalized spacial score (nSPS) is 10.8. The monoisotopic (exact) mass is 295 g/mol. The Morgan fingerprint density at radius 2 is 1.95 bits per heavy atom. The molecule has 3 aromatic rings. The summed E-state index contributed by atoms with van der Waals surface area (Å²) in [4.78, 5) is 16.0. The van der Waals surface area contributed by atoms with Gasteiger partial charge in [0.15, 0.2) is 11.5 Å². The molecule has 112 valence electrons. The average Bonchev–Trinajstić information content (AvgIpc) is 2.97. The summed E-state index contributed by atoms with van der Waals surface area (Å²) < 4.78 is 6.96. The lowest BCUT2D eigenvalue weighted by Crippen LogP contribution is -2.02. The van der Waals surface area contributed by atoms with Crippen LogP contribution in [-0.2, 0) is 11.2 Å². The Bertz CT molecular complexity index is 806. The zero-order valence-electron chi connectivity index (χ0n) is 12.6. The number of carbonyl (C=O) groups is 1. The largest absolute Gasteiger partial charge is 0.497 e. The van der Waals surface area contributed by atoms with E-state index in [0.29, 0.717) is 12.2 Å². The molecule has 0 fully saturated rings. The molecule has 0 aliphatic rings. The number of aromatic nitrogens is 3. The molecule has 0 amide bonds. The fourth-order valence-corrected chi connectivity index (χ4v) is 2.31. The third-order valence-corrected chi connectivity index (χ3v) is 3.54. The van der Waals surface area contributed by atoms with Crippen LogP contribution in [0.1, 0.15) is 19.2 Å². The van der Waals surface area contributed by atoms with Crippen LogP contribution in [0.3, 0.4) is 0 Å². The van der Waals surface area contributed by atoms with Gasteiger partial charge in [-0.3, -0.25) is 4.79 Å². The predicted octanol–water partition coefficient (Wildman–Crippen LogP) is 2.93. The minimum Gasteiger partial charge on any atom is -0.497 e. The average molecular weight is 295 g/mol. The third kappa shape index (κ3) is 2.70. The number of carbonyl (C=O) groups excluding carboxylic acids is 1. The van der Waals surface area contributed by atoms with Crippen molar-refractivity contribution in [3.8, 4) is 17.0 Å². The number of nitrogens with zero attached hydrogens (tertiary/aromatic N) is 3. The van der Waals surface area contributed by atoms with Gasteiger partial charge in [-0.15, -0.1) is 0 Å². The molecule has 5 nitrogen and oxygen atoms in total. The maximum absolute atomic E-state index is 11.6. The van der Waals surface area contributed by atoms with Gasteiger partial charge in [0.25, 0.3) is 0 Å². The fraction of sp³-hybridized carbons (Fsp3) is 0.235. The van der Waals surface area contributed by atoms with Crippen molar-refractivity contribution in [2.45, 2.75) is 19.8 Å². The van der Waals surface area contributed by atoms with Gasteiger partial charge >= 0.3 is 0 Å². The van der Waals surface area contributed by atoms with Crippen LogP contribution in [0.5, 0.6) is 5.75 Å². The Hall–Kier alpha value is -2.69. The van der Waals surface area contributed by atoms with Crippen molar-refractivity contribution < 1.29 is 9.53 Å². The highest BCUT2D eigenvalue weighted by Crippen LogP contribution is 2.22. The quantitative estimate of drug-likeness (QED) is 0.726. The Morgan fingerprint density at radius 1 is 1.18 bits per heavy atom. The molecule has 1 aromatic carbocycles. The molecule has 5 heteroatoms. The lowest BCUT2D eigenvalue weighted by Gasteiger charge is -2.05. The van der Waals surface area contributed by atoms with Crippen LogP contribution < -0.4 is 4.74 Å². The number of methoxy groups -OCH3 is 1. The van der Waals surface area contributed by atoms with Crippen molar-refractivity contribution in [3.63, 3.8) is 0 Å². The van der Waals surface area contributed by atoms with E-state index in [1.54, 1.807) is 11.6 Å². The zero-order valence-corrected chi connectivity index (χ0v) is 12.6. The lowest BCUT2D eigenvalue weighted by molar-refractivity contribution is -0.118. The molecule has 0 bridgehead atoms. The van der Waals surface area contributed by atoms with Gasteiger partial charge in [-0.2, -0.15) is 5.10 Å². The summed E-state index contributed by atoms with van der Waals surface area (Å²) in [6, 6.07) is 13.6. The third-order valence-electron chi connectivity index (χ3n) is 3.54. The van der Waals surface area contributed by atoms with Gasteiger partial charge in [-0.1, -0.05) is 13.0 Å². The first-order valence-electron chi connectivity index (χ1n) is 7.22. The van der Waals surface area contributed by atoms with Crippen molar-refractivity contribution in [1.82, 2.24) is 14.6 Å². The number of hydrogen-bond acceptors (Lipinski definition) is 4. The number of hydrogen-bond donors (Lipinski definition) is 0. The number of benzene rings is 1. The molecule has 0 saturated carbocycles. The number of Topliss-reactive ketones (excluding diaryl/α,β-unsaturated/α-hetero) is 1. The van der Waals surface area contributed by atoms with Crippen molar-refractivity contribution in [1.29, 1.82) is 0 Å². The highest BCUT2D eigenvalue weighted by molar-refractivity contribution is 5.79. The summed E-state index contributed by atoms with van der Waals surface area (Å²) in [5.41, 5.74) is 2.69. The van der Waals surface area contributed by atoms with Gasteiger partial charge in [0, 0.05) is 12.0 Å². The molecular formula is C17H17N3O2. The topological polar surface area (TPSA) is 56.5 Å². The van der Waals surface area contributed by atoms with Crippen LogP contribution in [0.2, 0.25) is 0 Å². The van der Waals surface area contributed by atoms with Gasteiger partial charge in [-0.25, -0.2) is 9.50 Å². The Morgan fingerprint density at radius 3 is 2.64 bits per heavy atom. The first kappa shape index (κ1) is 14.3. The second-order valence-electron chi connectivity index (χ2n) is 5.01. The molecule has 0 atom stereocenters. The van der Waals surface area contributed by atoms with Crippen LogP contribution in [0.4, 0.5) is 0 Å². The molecule has 3 rings (SSSR count). The first-order chi connectivity index (χ1) is 10.7. The Kier molecular flexibility index (Phi) is 3.87. The summed E-state index contributed by atoms with van der Waals surface area (Å²) in [6.07, 6.45) is 0.779. The molecule has 2 heterocycles. The first-order valence-corrected chi connectivity index (χ1v) is 7.22. The van der Waals surface area contributed by atoms with Crippen molar-refractivity contribution in [3.05, 3.63) is 48.3 Å². The van der Waals surface area contributed by atoms with Crippen LogP contribution in [0, 0.1) is 0 Å². The summed E-state index contributed by atoms with van der Waals surface area (Å²) in [5, 5.41) is 4.47. The van der Waals surface area contributed by atoms with Crippen LogP contribution >= 0.6 is 0 Å². The lowest BCUT2D eigenvalue weighted by atomic mass is 10.1. The number of rotatable bonds is 5. The standard InChI is InChI=1S/C17H17N3O2/c1-3-13(21)11-16-18-17-6-4-5-15(20(17)19-16)12-7-9-14(22-2)10-8-12/h4-10H,3,11H2,1-2H3. The molecule has 0 aliphatic heterocycles. The highest BCUT2D eigenvalue weighted by Gasteiger charge is 2.11.